The Morgan fingerprint density at radius 1 is 1.12 bits per heavy atom. The Morgan fingerprint density at radius 3 is 2.20 bits per heavy atom. The van der Waals surface area contributed by atoms with Crippen LogP contribution in [0.25, 0.3) is 6.08 Å². The van der Waals surface area contributed by atoms with Crippen LogP contribution < -0.4 is 4.74 Å². The summed E-state index contributed by atoms with van der Waals surface area (Å²) in [6.45, 7) is 13.5. The molecule has 25 heavy (non-hydrogen) atoms. The maximum Gasteiger partial charge on any atom is 0.161 e. The molecule has 0 fully saturated rings. The lowest BCUT2D eigenvalue weighted by Gasteiger charge is -2.31. The number of fused-ring (bicyclic) bond motifs is 1. The molecule has 0 bridgehead atoms. The smallest absolute Gasteiger partial charge is 0.161 e. The summed E-state index contributed by atoms with van der Waals surface area (Å²) in [5.74, 6) is 1.31. The molecule has 2 aliphatic carbocycles. The molecule has 0 saturated carbocycles. The second kappa shape index (κ2) is 6.17. The zero-order valence-corrected chi connectivity index (χ0v) is 18.2. The minimum absolute atomic E-state index is 0.0141. The van der Waals surface area contributed by atoms with Gasteiger partial charge in [0, 0.05) is 22.6 Å². The van der Waals surface area contributed by atoms with E-state index in [9.17, 15) is 0 Å². The molecule has 3 rings (SSSR count). The largest absolute Gasteiger partial charge is 0.496 e. The van der Waals surface area contributed by atoms with Gasteiger partial charge in [-0.05, 0) is 23.5 Å². The Hall–Kier alpha value is -1.25. The maximum atomic E-state index is 6.95. The van der Waals surface area contributed by atoms with Crippen LogP contribution in [-0.4, -0.2) is 14.5 Å². The quantitative estimate of drug-likeness (QED) is 0.424. The van der Waals surface area contributed by atoms with Crippen LogP contribution >= 0.6 is 11.1 Å². The highest BCUT2D eigenvalue weighted by molar-refractivity contribution is 7.20. The second-order valence-corrected chi connectivity index (χ2v) is 15.4. The average Bonchev–Trinajstić information content (AvgIpc) is 3.09. The van der Waals surface area contributed by atoms with Crippen LogP contribution in [0.3, 0.4) is 0 Å². The van der Waals surface area contributed by atoms with E-state index in [1.54, 1.807) is 7.11 Å². The lowest BCUT2D eigenvalue weighted by atomic mass is 9.80. The van der Waals surface area contributed by atoms with Gasteiger partial charge in [0.15, 0.2) is 7.38 Å². The minimum Gasteiger partial charge on any atom is -0.496 e. The van der Waals surface area contributed by atoms with Crippen LogP contribution in [0.2, 0.25) is 13.1 Å². The molecular weight excluding hydrogens is 344 g/mol. The van der Waals surface area contributed by atoms with Crippen LogP contribution in [0.15, 0.2) is 35.9 Å². The van der Waals surface area contributed by atoms with Crippen molar-refractivity contribution in [1.29, 1.82) is 0 Å². The van der Waals surface area contributed by atoms with E-state index in [4.69, 9.17) is 15.8 Å². The fraction of sp³-hybridized carbons (Fsp3) is 0.455. The Kier molecular flexibility index (Phi) is 4.58. The van der Waals surface area contributed by atoms with Crippen molar-refractivity contribution < 1.29 is 4.74 Å². The monoisotopic (exact) mass is 372 g/mol. The van der Waals surface area contributed by atoms with Crippen LogP contribution in [-0.2, 0) is 5.41 Å². The molecule has 0 spiro atoms. The molecule has 1 aromatic carbocycles. The van der Waals surface area contributed by atoms with Gasteiger partial charge in [0.2, 0.25) is 0 Å². The molecule has 1 aromatic rings. The van der Waals surface area contributed by atoms with Crippen molar-refractivity contribution in [1.82, 2.24) is 0 Å². The third-order valence-corrected chi connectivity index (χ3v) is 8.10. The van der Waals surface area contributed by atoms with Crippen LogP contribution in [0.1, 0.15) is 61.4 Å². The number of ether oxygens (including phenoxy) is 1. The first-order valence-corrected chi connectivity index (χ1v) is 13.1. The van der Waals surface area contributed by atoms with Gasteiger partial charge in [0.05, 0.1) is 7.11 Å². The van der Waals surface area contributed by atoms with Gasteiger partial charge in [-0.25, -0.2) is 0 Å². The first-order valence-electron chi connectivity index (χ1n) is 9.03. The highest BCUT2D eigenvalue weighted by Crippen LogP contribution is 2.51. The summed E-state index contributed by atoms with van der Waals surface area (Å²) < 4.78 is 5.98. The molecule has 134 valence electrons. The molecule has 2 aliphatic rings. The van der Waals surface area contributed by atoms with E-state index in [-0.39, 0.29) is 11.3 Å². The standard InChI is InChI=1S/C22H29ClOSi/c1-14-12-16-17(21(14)25(6,7)23)13-18(22(2,3)4)20(24-5)19(16)15-10-8-9-11-15/h8-13,15,21H,1-7H3. The summed E-state index contributed by atoms with van der Waals surface area (Å²) in [7, 11) is -0.0858. The summed E-state index contributed by atoms with van der Waals surface area (Å²) in [4.78, 5) is 0. The van der Waals surface area contributed by atoms with Gasteiger partial charge in [0.25, 0.3) is 0 Å². The zero-order valence-electron chi connectivity index (χ0n) is 16.4. The third kappa shape index (κ3) is 3.15. The lowest BCUT2D eigenvalue weighted by Crippen LogP contribution is -2.28. The lowest BCUT2D eigenvalue weighted by molar-refractivity contribution is 0.392. The van der Waals surface area contributed by atoms with Crippen molar-refractivity contribution in [2.24, 2.45) is 0 Å². The van der Waals surface area contributed by atoms with Gasteiger partial charge < -0.3 is 4.74 Å². The van der Waals surface area contributed by atoms with Crippen molar-refractivity contribution >= 4 is 24.5 Å². The topological polar surface area (TPSA) is 9.23 Å². The molecule has 1 nitrogen and oxygen atoms in total. The van der Waals surface area contributed by atoms with Crippen LogP contribution in [0, 0.1) is 0 Å². The summed E-state index contributed by atoms with van der Waals surface area (Å²) >= 11 is 6.95. The molecule has 0 radical (unpaired) electrons. The highest BCUT2D eigenvalue weighted by Gasteiger charge is 2.40. The Balaban J connectivity index is 2.36. The predicted molar refractivity (Wildman–Crippen MR) is 112 cm³/mol. The molecular formula is C22H29ClOSi. The number of hydrogen-bond donors (Lipinski definition) is 0. The number of allylic oxidation sites excluding steroid dienone is 5. The van der Waals surface area contributed by atoms with Gasteiger partial charge in [0.1, 0.15) is 5.75 Å². The number of rotatable bonds is 3. The maximum absolute atomic E-state index is 6.95. The highest BCUT2D eigenvalue weighted by atomic mass is 35.6. The number of methoxy groups -OCH3 is 1. The summed E-state index contributed by atoms with van der Waals surface area (Å²) in [5.41, 5.74) is 7.08. The van der Waals surface area contributed by atoms with E-state index < -0.39 is 7.38 Å². The summed E-state index contributed by atoms with van der Waals surface area (Å²) in [5, 5.41) is 0. The molecule has 1 unspecified atom stereocenters. The first kappa shape index (κ1) is 18.5. The van der Waals surface area contributed by atoms with E-state index in [0.717, 1.165) is 5.75 Å². The molecule has 0 saturated heterocycles. The Morgan fingerprint density at radius 2 is 1.72 bits per heavy atom. The molecule has 0 aromatic heterocycles. The number of halogens is 1. The van der Waals surface area contributed by atoms with E-state index in [1.807, 2.05) is 0 Å². The fourth-order valence-corrected chi connectivity index (χ4v) is 7.33. The zero-order chi connectivity index (χ0) is 18.6. The van der Waals surface area contributed by atoms with Gasteiger partial charge in [-0.3, -0.25) is 0 Å². The Bertz CT molecular complexity index is 776. The van der Waals surface area contributed by atoms with Crippen molar-refractivity contribution in [3.8, 4) is 5.75 Å². The molecule has 0 amide bonds. The normalized spacial score (nSPS) is 20.2. The van der Waals surface area contributed by atoms with E-state index >= 15 is 0 Å². The van der Waals surface area contributed by atoms with Crippen LogP contribution in [0.5, 0.6) is 5.75 Å². The van der Waals surface area contributed by atoms with E-state index in [2.05, 4.69) is 77.2 Å². The minimum atomic E-state index is -1.88. The van der Waals surface area contributed by atoms with Gasteiger partial charge in [-0.1, -0.05) is 75.9 Å². The molecule has 0 N–H and O–H groups in total. The average molecular weight is 373 g/mol. The van der Waals surface area contributed by atoms with E-state index in [1.165, 1.54) is 27.8 Å². The molecule has 1 atom stereocenters. The summed E-state index contributed by atoms with van der Waals surface area (Å²) in [6.07, 6.45) is 11.1. The van der Waals surface area contributed by atoms with Crippen molar-refractivity contribution in [3.63, 3.8) is 0 Å². The number of benzene rings is 1. The summed E-state index contributed by atoms with van der Waals surface area (Å²) in [6, 6.07) is 2.37. The Labute approximate surface area is 158 Å². The van der Waals surface area contributed by atoms with Gasteiger partial charge in [-0.2, -0.15) is 11.1 Å². The van der Waals surface area contributed by atoms with Gasteiger partial charge >= 0.3 is 0 Å². The molecule has 0 heterocycles. The molecule has 3 heteroatoms. The number of hydrogen-bond acceptors (Lipinski definition) is 1. The van der Waals surface area contributed by atoms with E-state index in [0.29, 0.717) is 5.54 Å². The van der Waals surface area contributed by atoms with Crippen molar-refractivity contribution in [3.05, 3.63) is 58.2 Å². The third-order valence-electron chi connectivity index (χ3n) is 5.31. The molecule has 0 aliphatic heterocycles. The SMILES string of the molecule is COc1c(C(C)(C)C)cc2c(c1C1C=CC=C1)C=C(C)C2[Si](C)(C)Cl. The van der Waals surface area contributed by atoms with Crippen molar-refractivity contribution in [2.75, 3.05) is 7.11 Å². The van der Waals surface area contributed by atoms with Crippen molar-refractivity contribution in [2.45, 2.75) is 57.7 Å². The second-order valence-electron chi connectivity index (χ2n) is 8.81. The van der Waals surface area contributed by atoms with Crippen LogP contribution in [0.4, 0.5) is 0 Å². The first-order chi connectivity index (χ1) is 11.6. The predicted octanol–water partition coefficient (Wildman–Crippen LogP) is 6.69. The fourth-order valence-electron chi connectivity index (χ4n) is 4.32. The van der Waals surface area contributed by atoms with Gasteiger partial charge in [-0.15, -0.1) is 0 Å².